The van der Waals surface area contributed by atoms with E-state index in [2.05, 4.69) is 6.92 Å². The number of piperidine rings is 1. The Hall–Kier alpha value is -3.45. The van der Waals surface area contributed by atoms with Crippen LogP contribution in [0.15, 0.2) is 87.5 Å². The van der Waals surface area contributed by atoms with E-state index in [1.54, 1.807) is 35.8 Å². The van der Waals surface area contributed by atoms with Crippen molar-refractivity contribution >= 4 is 26.4 Å². The summed E-state index contributed by atoms with van der Waals surface area (Å²) >= 11 is 0. The third-order valence-electron chi connectivity index (χ3n) is 6.90. The zero-order valence-electron chi connectivity index (χ0n) is 20.4. The predicted molar refractivity (Wildman–Crippen MR) is 141 cm³/mol. The van der Waals surface area contributed by atoms with E-state index in [0.717, 1.165) is 37.1 Å². The summed E-state index contributed by atoms with van der Waals surface area (Å²) in [6.07, 6.45) is 3.49. The zero-order valence-corrected chi connectivity index (χ0v) is 21.3. The van der Waals surface area contributed by atoms with Crippen LogP contribution in [0.3, 0.4) is 0 Å². The van der Waals surface area contributed by atoms with Gasteiger partial charge in [-0.2, -0.15) is 0 Å². The number of halogens is 1. The Morgan fingerprint density at radius 2 is 1.81 bits per heavy atom. The first kappa shape index (κ1) is 24.3. The molecule has 36 heavy (non-hydrogen) atoms. The number of hydrogen-bond donors (Lipinski definition) is 0. The molecular formula is C29H29FN2O3S. The molecule has 5 rings (SSSR count). The molecule has 7 heteroatoms. The summed E-state index contributed by atoms with van der Waals surface area (Å²) < 4.78 is 44.3. The van der Waals surface area contributed by atoms with E-state index in [9.17, 15) is 13.2 Å². The normalized spacial score (nSPS) is 16.4. The molecule has 1 aliphatic heterocycles. The summed E-state index contributed by atoms with van der Waals surface area (Å²) in [5.74, 6) is -0.0627. The molecule has 1 atom stereocenters. The van der Waals surface area contributed by atoms with E-state index in [-0.39, 0.29) is 15.2 Å². The van der Waals surface area contributed by atoms with E-state index in [1.165, 1.54) is 18.3 Å². The van der Waals surface area contributed by atoms with Crippen LogP contribution < -0.4 is 10.3 Å². The Labute approximate surface area is 210 Å². The van der Waals surface area contributed by atoms with Crippen molar-refractivity contribution in [3.63, 3.8) is 0 Å². The van der Waals surface area contributed by atoms with Gasteiger partial charge in [0.1, 0.15) is 10.7 Å². The number of pyridine rings is 1. The molecule has 2 heterocycles. The summed E-state index contributed by atoms with van der Waals surface area (Å²) in [6.45, 7) is 5.78. The van der Waals surface area contributed by atoms with Gasteiger partial charge in [0.2, 0.25) is 15.3 Å². The van der Waals surface area contributed by atoms with Crippen LogP contribution in [-0.2, 0) is 16.4 Å². The maximum atomic E-state index is 15.4. The lowest BCUT2D eigenvalue weighted by molar-refractivity contribution is 0.442. The van der Waals surface area contributed by atoms with Gasteiger partial charge in [-0.05, 0) is 61.1 Å². The molecule has 186 valence electrons. The van der Waals surface area contributed by atoms with Gasteiger partial charge in [-0.1, -0.05) is 49.4 Å². The van der Waals surface area contributed by atoms with Gasteiger partial charge in [-0.3, -0.25) is 4.79 Å². The molecule has 0 N–H and O–H groups in total. The number of nitrogens with zero attached hydrogens (tertiary/aromatic N) is 2. The van der Waals surface area contributed by atoms with Gasteiger partial charge >= 0.3 is 0 Å². The van der Waals surface area contributed by atoms with Gasteiger partial charge in [0, 0.05) is 25.8 Å². The van der Waals surface area contributed by atoms with Gasteiger partial charge in [0.25, 0.3) is 0 Å². The Balaban J connectivity index is 1.74. The van der Waals surface area contributed by atoms with Gasteiger partial charge in [0.05, 0.1) is 21.5 Å². The topological polar surface area (TPSA) is 59.4 Å². The fourth-order valence-electron chi connectivity index (χ4n) is 5.04. The lowest BCUT2D eigenvalue weighted by Gasteiger charge is -2.33. The van der Waals surface area contributed by atoms with E-state index in [4.69, 9.17) is 0 Å². The van der Waals surface area contributed by atoms with Crippen molar-refractivity contribution in [2.75, 3.05) is 18.0 Å². The number of anilines is 1. The van der Waals surface area contributed by atoms with Crippen LogP contribution in [0, 0.1) is 18.7 Å². The van der Waals surface area contributed by atoms with E-state index < -0.39 is 21.1 Å². The van der Waals surface area contributed by atoms with Crippen molar-refractivity contribution in [2.24, 2.45) is 5.92 Å². The fourth-order valence-corrected chi connectivity index (χ4v) is 6.51. The first-order chi connectivity index (χ1) is 17.2. The Bertz CT molecular complexity index is 1600. The summed E-state index contributed by atoms with van der Waals surface area (Å²) in [5, 5.41) is 0.0611. The molecule has 1 fully saturated rings. The second kappa shape index (κ2) is 9.54. The van der Waals surface area contributed by atoms with Crippen molar-refractivity contribution in [3.8, 4) is 0 Å². The molecular weight excluding hydrogens is 475 g/mol. The largest absolute Gasteiger partial charge is 0.369 e. The van der Waals surface area contributed by atoms with Gasteiger partial charge in [0.15, 0.2) is 0 Å². The SMILES string of the molecule is Cc1cccc(S(=O)(=O)c2cn(Cc3ccccc3)c3cc(N4CCC[C@H](C)C4)c(F)cc3c2=O)c1. The summed E-state index contributed by atoms with van der Waals surface area (Å²) in [5.41, 5.74) is 1.99. The third kappa shape index (κ3) is 4.55. The van der Waals surface area contributed by atoms with Crippen LogP contribution in [0.25, 0.3) is 10.9 Å². The van der Waals surface area contributed by atoms with E-state index >= 15 is 4.39 Å². The number of aryl methyl sites for hydroxylation is 1. The quantitative estimate of drug-likeness (QED) is 0.357. The zero-order chi connectivity index (χ0) is 25.4. The van der Waals surface area contributed by atoms with Crippen LogP contribution in [0.1, 0.15) is 30.9 Å². The molecule has 3 aromatic carbocycles. The maximum Gasteiger partial charge on any atom is 0.211 e. The first-order valence-electron chi connectivity index (χ1n) is 12.2. The van der Waals surface area contributed by atoms with Crippen LogP contribution in [0.2, 0.25) is 0 Å². The van der Waals surface area contributed by atoms with Crippen LogP contribution in [0.4, 0.5) is 10.1 Å². The average molecular weight is 505 g/mol. The molecule has 5 nitrogen and oxygen atoms in total. The highest BCUT2D eigenvalue weighted by Crippen LogP contribution is 2.30. The molecule has 0 aliphatic carbocycles. The minimum atomic E-state index is -4.12. The fraction of sp³-hybridized carbons (Fsp3) is 0.276. The smallest absolute Gasteiger partial charge is 0.211 e. The number of benzene rings is 3. The van der Waals surface area contributed by atoms with Crippen LogP contribution >= 0.6 is 0 Å². The highest BCUT2D eigenvalue weighted by molar-refractivity contribution is 7.91. The average Bonchev–Trinajstić information content (AvgIpc) is 2.86. The highest BCUT2D eigenvalue weighted by Gasteiger charge is 2.26. The van der Waals surface area contributed by atoms with E-state index in [0.29, 0.717) is 23.7 Å². The van der Waals surface area contributed by atoms with E-state index in [1.807, 2.05) is 35.2 Å². The Morgan fingerprint density at radius 1 is 1.03 bits per heavy atom. The van der Waals surface area contributed by atoms with Crippen LogP contribution in [0.5, 0.6) is 0 Å². The summed E-state index contributed by atoms with van der Waals surface area (Å²) in [7, 11) is -4.12. The summed E-state index contributed by atoms with van der Waals surface area (Å²) in [4.78, 5) is 15.3. The van der Waals surface area contributed by atoms with Crippen molar-refractivity contribution in [1.29, 1.82) is 0 Å². The number of aromatic nitrogens is 1. The predicted octanol–water partition coefficient (Wildman–Crippen LogP) is 5.57. The molecule has 0 saturated carbocycles. The minimum absolute atomic E-state index is 0.0459. The van der Waals surface area contributed by atoms with Gasteiger partial charge in [-0.25, -0.2) is 12.8 Å². The number of rotatable bonds is 5. The lowest BCUT2D eigenvalue weighted by atomic mass is 9.99. The maximum absolute atomic E-state index is 15.4. The molecule has 0 bridgehead atoms. The monoisotopic (exact) mass is 504 g/mol. The standard InChI is InChI=1S/C29H29FN2O3S/c1-20-8-6-12-23(14-20)36(34,35)28-19-32(18-22-10-4-3-5-11-22)26-16-27(25(30)15-24(26)29(28)33)31-13-7-9-21(2)17-31/h3-6,8,10-12,14-16,19,21H,7,9,13,17-18H2,1-2H3/t21-/m0/s1. The molecule has 0 unspecified atom stereocenters. The lowest BCUT2D eigenvalue weighted by Crippen LogP contribution is -2.35. The number of hydrogen-bond acceptors (Lipinski definition) is 4. The number of sulfone groups is 1. The number of fused-ring (bicyclic) bond motifs is 1. The Morgan fingerprint density at radius 3 is 2.53 bits per heavy atom. The minimum Gasteiger partial charge on any atom is -0.369 e. The molecule has 0 spiro atoms. The van der Waals surface area contributed by atoms with Crippen molar-refractivity contribution in [3.05, 3.63) is 100 Å². The van der Waals surface area contributed by atoms with Crippen LogP contribution in [-0.4, -0.2) is 26.1 Å². The van der Waals surface area contributed by atoms with Gasteiger partial charge < -0.3 is 9.47 Å². The second-order valence-corrected chi connectivity index (χ2v) is 11.7. The molecule has 1 aromatic heterocycles. The van der Waals surface area contributed by atoms with Gasteiger partial charge in [-0.15, -0.1) is 0 Å². The molecule has 0 amide bonds. The molecule has 0 radical (unpaired) electrons. The summed E-state index contributed by atoms with van der Waals surface area (Å²) in [6, 6.07) is 19.0. The Kier molecular flexibility index (Phi) is 6.43. The van der Waals surface area contributed by atoms with Crippen molar-refractivity contribution in [1.82, 2.24) is 4.57 Å². The second-order valence-electron chi connectivity index (χ2n) is 9.77. The molecule has 1 aliphatic rings. The van der Waals surface area contributed by atoms with Crippen molar-refractivity contribution in [2.45, 2.75) is 43.0 Å². The first-order valence-corrected chi connectivity index (χ1v) is 13.7. The highest BCUT2D eigenvalue weighted by atomic mass is 32.2. The molecule has 4 aromatic rings. The van der Waals surface area contributed by atoms with Crippen molar-refractivity contribution < 1.29 is 12.8 Å². The molecule has 1 saturated heterocycles. The third-order valence-corrected chi connectivity index (χ3v) is 8.64.